The van der Waals surface area contributed by atoms with E-state index in [9.17, 15) is 19.5 Å². The Balaban J connectivity index is 1.19. The number of aliphatic hydroxyl groups excluding tert-OH is 1. The first-order chi connectivity index (χ1) is 23.5. The molecule has 4 atom stereocenters. The molecule has 0 spiro atoms. The van der Waals surface area contributed by atoms with Crippen LogP contribution in [-0.4, -0.2) is 86.9 Å². The second-order valence-corrected chi connectivity index (χ2v) is 16.2. The van der Waals surface area contributed by atoms with Crippen LogP contribution in [0.1, 0.15) is 96.7 Å². The molecule has 2 aromatic heterocycles. The van der Waals surface area contributed by atoms with Gasteiger partial charge < -0.3 is 34.2 Å². The molecular weight excluding hydrogens is 659 g/mol. The van der Waals surface area contributed by atoms with Gasteiger partial charge >= 0.3 is 6.09 Å². The highest BCUT2D eigenvalue weighted by molar-refractivity contribution is 7.13. The van der Waals surface area contributed by atoms with Crippen molar-refractivity contribution in [3.05, 3.63) is 52.9 Å². The van der Waals surface area contributed by atoms with Gasteiger partial charge in [0.2, 0.25) is 11.8 Å². The van der Waals surface area contributed by atoms with Gasteiger partial charge in [-0.1, -0.05) is 45.0 Å². The van der Waals surface area contributed by atoms with Crippen LogP contribution in [-0.2, 0) is 14.3 Å². The number of nitrogens with zero attached hydrogens (tertiary/aromatic N) is 4. The molecule has 2 fully saturated rings. The summed E-state index contributed by atoms with van der Waals surface area (Å²) < 4.78 is 17.3. The van der Waals surface area contributed by atoms with Gasteiger partial charge in [-0.15, -0.1) is 11.3 Å². The number of hydrogen-bond donors (Lipinski definition) is 2. The van der Waals surface area contributed by atoms with Crippen LogP contribution in [0.15, 0.2) is 40.4 Å². The van der Waals surface area contributed by atoms with Crippen molar-refractivity contribution in [1.29, 1.82) is 0 Å². The summed E-state index contributed by atoms with van der Waals surface area (Å²) in [5.74, 6) is -0.921. The van der Waals surface area contributed by atoms with E-state index in [1.165, 1.54) is 4.90 Å². The number of aliphatic hydroxyl groups is 1. The molecule has 0 aliphatic carbocycles. The summed E-state index contributed by atoms with van der Waals surface area (Å²) in [6.07, 6.45) is 0.491. The molecule has 2 saturated heterocycles. The summed E-state index contributed by atoms with van der Waals surface area (Å²) in [6, 6.07) is 8.51. The first kappa shape index (κ1) is 37.3. The standard InChI is InChI=1S/C37H51N5O7S/c1-22(2)31(29-18-30(40-49-29)47-20-37(8)13-15-41(16-14-37)35(46)48-36(5,6)7)34(45)42-19-27(43)17-28(42)33(44)39-23(3)25-9-11-26(12-10-25)32-24(4)38-21-50-32/h9-12,18,21-23,27-28,31,43H,13-17,19-20H2,1-8H3,(H,39,44)/t23-,27+,28-,31+/m0/s1. The number of likely N-dealkylation sites (tertiary alicyclic amines) is 2. The largest absolute Gasteiger partial charge is 0.475 e. The van der Waals surface area contributed by atoms with Gasteiger partial charge in [-0.3, -0.25) is 9.59 Å². The predicted octanol–water partition coefficient (Wildman–Crippen LogP) is 6.10. The van der Waals surface area contributed by atoms with Crippen LogP contribution in [0.25, 0.3) is 10.4 Å². The van der Waals surface area contributed by atoms with Gasteiger partial charge in [0.15, 0.2) is 5.76 Å². The SMILES string of the molecule is Cc1ncsc1-c1ccc([C@H](C)NC(=O)[C@@H]2C[C@@H](O)CN2C(=O)[C@@H](c2cc(OCC3(C)CCN(C(=O)OC(C)(C)C)CC3)no2)C(C)C)cc1. The van der Waals surface area contributed by atoms with Gasteiger partial charge in [0, 0.05) is 37.5 Å². The Hall–Kier alpha value is -3.97. The normalized spacial score (nSPS) is 20.4. The minimum Gasteiger partial charge on any atom is -0.475 e. The highest BCUT2D eigenvalue weighted by atomic mass is 32.1. The minimum atomic E-state index is -0.828. The fourth-order valence-electron chi connectivity index (χ4n) is 6.55. The highest BCUT2D eigenvalue weighted by Gasteiger charge is 2.44. The molecule has 0 radical (unpaired) electrons. The smallest absolute Gasteiger partial charge is 0.410 e. The van der Waals surface area contributed by atoms with Crippen molar-refractivity contribution in [2.45, 2.75) is 104 Å². The number of ether oxygens (including phenoxy) is 2. The molecule has 0 bridgehead atoms. The lowest BCUT2D eigenvalue weighted by atomic mass is 9.81. The van der Waals surface area contributed by atoms with E-state index in [2.05, 4.69) is 22.4 Å². The lowest BCUT2D eigenvalue weighted by Gasteiger charge is -2.39. The Morgan fingerprint density at radius 1 is 1.14 bits per heavy atom. The zero-order valence-corrected chi connectivity index (χ0v) is 31.2. The predicted molar refractivity (Wildman–Crippen MR) is 190 cm³/mol. The highest BCUT2D eigenvalue weighted by Crippen LogP contribution is 2.35. The molecule has 2 N–H and O–H groups in total. The molecule has 2 aliphatic rings. The average molecular weight is 710 g/mol. The van der Waals surface area contributed by atoms with Crippen molar-refractivity contribution in [3.8, 4) is 16.3 Å². The van der Waals surface area contributed by atoms with E-state index in [0.717, 1.165) is 34.5 Å². The number of carbonyl (C=O) groups excluding carboxylic acids is 3. The van der Waals surface area contributed by atoms with Crippen LogP contribution in [0.5, 0.6) is 5.88 Å². The molecule has 5 rings (SSSR count). The number of rotatable bonds is 10. The third kappa shape index (κ3) is 8.84. The molecule has 1 aromatic carbocycles. The number of amides is 3. The van der Waals surface area contributed by atoms with Crippen LogP contribution in [0.2, 0.25) is 0 Å². The molecule has 3 amide bonds. The van der Waals surface area contributed by atoms with E-state index in [1.807, 2.05) is 78.2 Å². The Morgan fingerprint density at radius 3 is 2.42 bits per heavy atom. The van der Waals surface area contributed by atoms with Crippen LogP contribution in [0.4, 0.5) is 4.79 Å². The van der Waals surface area contributed by atoms with Gasteiger partial charge in [0.1, 0.15) is 17.6 Å². The molecule has 3 aromatic rings. The number of hydrogen-bond acceptors (Lipinski definition) is 10. The fourth-order valence-corrected chi connectivity index (χ4v) is 7.36. The number of aromatic nitrogens is 2. The molecular formula is C37H51N5O7S. The number of piperidine rings is 1. The van der Waals surface area contributed by atoms with Gasteiger partial charge in [-0.05, 0) is 69.7 Å². The quantitative estimate of drug-likeness (QED) is 0.255. The van der Waals surface area contributed by atoms with Crippen LogP contribution in [0, 0.1) is 18.3 Å². The van der Waals surface area contributed by atoms with Crippen molar-refractivity contribution in [1.82, 2.24) is 25.3 Å². The summed E-state index contributed by atoms with van der Waals surface area (Å²) in [4.78, 5) is 48.8. The zero-order chi connectivity index (χ0) is 36.4. The molecule has 12 nitrogen and oxygen atoms in total. The van der Waals surface area contributed by atoms with E-state index in [-0.39, 0.29) is 54.1 Å². The number of benzene rings is 1. The first-order valence-electron chi connectivity index (χ1n) is 17.4. The van der Waals surface area contributed by atoms with Gasteiger partial charge in [-0.2, -0.15) is 0 Å². The van der Waals surface area contributed by atoms with Gasteiger partial charge in [-0.25, -0.2) is 9.78 Å². The maximum Gasteiger partial charge on any atom is 0.410 e. The number of β-amino-alcohol motifs (C(OH)–C–C–N with tert-alkyl or cyclic N) is 1. The van der Waals surface area contributed by atoms with Crippen LogP contribution < -0.4 is 10.1 Å². The molecule has 0 saturated carbocycles. The molecule has 50 heavy (non-hydrogen) atoms. The maximum atomic E-state index is 14.1. The minimum absolute atomic E-state index is 0.0492. The van der Waals surface area contributed by atoms with Crippen LogP contribution in [0.3, 0.4) is 0 Å². The van der Waals surface area contributed by atoms with E-state index in [1.54, 1.807) is 22.3 Å². The van der Waals surface area contributed by atoms with E-state index in [4.69, 9.17) is 14.0 Å². The summed E-state index contributed by atoms with van der Waals surface area (Å²) >= 11 is 1.59. The second kappa shape index (κ2) is 15.1. The monoisotopic (exact) mass is 709 g/mol. The molecule has 2 aliphatic heterocycles. The Kier molecular flexibility index (Phi) is 11.3. The summed E-state index contributed by atoms with van der Waals surface area (Å²) in [6.45, 7) is 16.9. The lowest BCUT2D eigenvalue weighted by Crippen LogP contribution is -2.48. The van der Waals surface area contributed by atoms with E-state index >= 15 is 0 Å². The van der Waals surface area contributed by atoms with Crippen molar-refractivity contribution in [3.63, 3.8) is 0 Å². The van der Waals surface area contributed by atoms with Crippen LogP contribution >= 0.6 is 11.3 Å². The molecule has 0 unspecified atom stereocenters. The summed E-state index contributed by atoms with van der Waals surface area (Å²) in [5.41, 5.74) is 4.07. The Bertz CT molecular complexity index is 1640. The van der Waals surface area contributed by atoms with Crippen molar-refractivity contribution < 1.29 is 33.5 Å². The zero-order valence-electron chi connectivity index (χ0n) is 30.4. The second-order valence-electron chi connectivity index (χ2n) is 15.4. The molecule has 272 valence electrons. The number of thiazole rings is 1. The third-order valence-electron chi connectivity index (χ3n) is 9.58. The fraction of sp³-hybridized carbons (Fsp3) is 0.595. The third-order valence-corrected chi connectivity index (χ3v) is 10.6. The average Bonchev–Trinajstić information content (AvgIpc) is 3.79. The first-order valence-corrected chi connectivity index (χ1v) is 18.3. The summed E-state index contributed by atoms with van der Waals surface area (Å²) in [5, 5.41) is 17.8. The van der Waals surface area contributed by atoms with E-state index in [0.29, 0.717) is 25.5 Å². The Morgan fingerprint density at radius 2 is 1.82 bits per heavy atom. The van der Waals surface area contributed by atoms with Gasteiger partial charge in [0.05, 0.1) is 34.8 Å². The summed E-state index contributed by atoms with van der Waals surface area (Å²) in [7, 11) is 0. The molecule has 4 heterocycles. The maximum absolute atomic E-state index is 14.1. The number of aryl methyl sites for hydroxylation is 1. The molecule has 13 heteroatoms. The Labute approximate surface area is 298 Å². The van der Waals surface area contributed by atoms with Crippen molar-refractivity contribution >= 4 is 29.2 Å². The van der Waals surface area contributed by atoms with Gasteiger partial charge in [0.25, 0.3) is 5.88 Å². The number of nitrogens with one attached hydrogen (secondary N) is 1. The number of carbonyl (C=O) groups is 3. The lowest BCUT2D eigenvalue weighted by molar-refractivity contribution is -0.141. The topological polar surface area (TPSA) is 147 Å². The van der Waals surface area contributed by atoms with E-state index < -0.39 is 23.7 Å². The van der Waals surface area contributed by atoms with Crippen molar-refractivity contribution in [2.75, 3.05) is 26.2 Å². The van der Waals surface area contributed by atoms with Crippen molar-refractivity contribution in [2.24, 2.45) is 11.3 Å².